The highest BCUT2D eigenvalue weighted by atomic mass is 32.1. The summed E-state index contributed by atoms with van der Waals surface area (Å²) < 4.78 is 10.8. The van der Waals surface area contributed by atoms with E-state index < -0.39 is 0 Å². The molecule has 0 unspecified atom stereocenters. The Morgan fingerprint density at radius 1 is 1.39 bits per heavy atom. The van der Waals surface area contributed by atoms with Gasteiger partial charge in [-0.3, -0.25) is 0 Å². The largest absolute Gasteiger partial charge is 0.495 e. The van der Waals surface area contributed by atoms with Crippen LogP contribution in [0.5, 0.6) is 5.75 Å². The highest BCUT2D eigenvalue weighted by Crippen LogP contribution is 2.34. The van der Waals surface area contributed by atoms with Crippen molar-refractivity contribution in [3.05, 3.63) is 17.3 Å². The van der Waals surface area contributed by atoms with E-state index in [9.17, 15) is 0 Å². The highest BCUT2D eigenvalue weighted by Gasteiger charge is 2.16. The second-order valence-electron chi connectivity index (χ2n) is 4.92. The fourth-order valence-corrected chi connectivity index (χ4v) is 2.15. The molecular weight excluding hydrogens is 250 g/mol. The van der Waals surface area contributed by atoms with E-state index in [1.54, 1.807) is 7.11 Å². The standard InChI is InChI=1S/C12H17N3O2S/c1-12(2,3)13-7-9-14-15-11(17-9)10-8(16-4)5-6-18-10/h5-6,13H,7H2,1-4H3. The Balaban J connectivity index is 2.11. The second-order valence-corrected chi connectivity index (χ2v) is 5.84. The molecule has 1 N–H and O–H groups in total. The van der Waals surface area contributed by atoms with Gasteiger partial charge in [-0.15, -0.1) is 21.5 Å². The molecule has 18 heavy (non-hydrogen) atoms. The van der Waals surface area contributed by atoms with Crippen LogP contribution in [0.25, 0.3) is 10.8 Å². The predicted molar refractivity (Wildman–Crippen MR) is 70.8 cm³/mol. The lowest BCUT2D eigenvalue weighted by molar-refractivity contribution is 0.382. The number of nitrogens with one attached hydrogen (secondary N) is 1. The lowest BCUT2D eigenvalue weighted by atomic mass is 10.1. The third-order valence-corrected chi connectivity index (χ3v) is 3.16. The van der Waals surface area contributed by atoms with Gasteiger partial charge in [0.15, 0.2) is 0 Å². The lowest BCUT2D eigenvalue weighted by Crippen LogP contribution is -2.35. The van der Waals surface area contributed by atoms with Crippen LogP contribution >= 0.6 is 11.3 Å². The minimum Gasteiger partial charge on any atom is -0.495 e. The molecule has 2 aromatic heterocycles. The molecule has 0 saturated heterocycles. The molecule has 0 spiro atoms. The summed E-state index contributed by atoms with van der Waals surface area (Å²) in [7, 11) is 1.63. The van der Waals surface area contributed by atoms with Gasteiger partial charge in [0.1, 0.15) is 10.6 Å². The van der Waals surface area contributed by atoms with Gasteiger partial charge in [-0.1, -0.05) is 0 Å². The molecule has 0 saturated carbocycles. The van der Waals surface area contributed by atoms with Crippen LogP contribution in [0.3, 0.4) is 0 Å². The predicted octanol–water partition coefficient (Wildman–Crippen LogP) is 2.69. The number of methoxy groups -OCH3 is 1. The van der Waals surface area contributed by atoms with E-state index in [4.69, 9.17) is 9.15 Å². The Bertz CT molecular complexity index is 513. The Labute approximate surface area is 110 Å². The molecule has 5 nitrogen and oxygen atoms in total. The zero-order valence-electron chi connectivity index (χ0n) is 11.0. The van der Waals surface area contributed by atoms with Gasteiger partial charge in [-0.25, -0.2) is 0 Å². The van der Waals surface area contributed by atoms with Crippen LogP contribution in [-0.4, -0.2) is 22.8 Å². The van der Waals surface area contributed by atoms with Crippen LogP contribution in [0.2, 0.25) is 0 Å². The second kappa shape index (κ2) is 5.07. The number of hydrogen-bond donors (Lipinski definition) is 1. The highest BCUT2D eigenvalue weighted by molar-refractivity contribution is 7.13. The van der Waals surface area contributed by atoms with Gasteiger partial charge in [-0.05, 0) is 32.2 Å². The maximum absolute atomic E-state index is 5.61. The van der Waals surface area contributed by atoms with Crippen molar-refractivity contribution >= 4 is 11.3 Å². The number of nitrogens with zero attached hydrogens (tertiary/aromatic N) is 2. The van der Waals surface area contributed by atoms with E-state index in [0.717, 1.165) is 10.6 Å². The average molecular weight is 267 g/mol. The number of ether oxygens (including phenoxy) is 1. The van der Waals surface area contributed by atoms with Gasteiger partial charge in [0.2, 0.25) is 5.89 Å². The van der Waals surface area contributed by atoms with Crippen molar-refractivity contribution in [1.29, 1.82) is 0 Å². The molecule has 0 aliphatic heterocycles. The molecule has 2 rings (SSSR count). The Hall–Kier alpha value is -1.40. The SMILES string of the molecule is COc1ccsc1-c1nnc(CNC(C)(C)C)o1. The molecule has 6 heteroatoms. The zero-order chi connectivity index (χ0) is 13.2. The van der Waals surface area contributed by atoms with Crippen molar-refractivity contribution in [2.75, 3.05) is 7.11 Å². The molecule has 0 aliphatic rings. The van der Waals surface area contributed by atoms with Gasteiger partial charge in [-0.2, -0.15) is 0 Å². The van der Waals surface area contributed by atoms with Crippen LogP contribution in [-0.2, 0) is 6.54 Å². The van der Waals surface area contributed by atoms with Crippen LogP contribution in [0, 0.1) is 0 Å². The van der Waals surface area contributed by atoms with E-state index in [0.29, 0.717) is 18.3 Å². The molecule has 0 bridgehead atoms. The Kier molecular flexibility index (Phi) is 3.68. The van der Waals surface area contributed by atoms with Gasteiger partial charge in [0, 0.05) is 5.54 Å². The Morgan fingerprint density at radius 2 is 2.17 bits per heavy atom. The first-order valence-corrected chi connectivity index (χ1v) is 6.57. The van der Waals surface area contributed by atoms with Crippen molar-refractivity contribution in [2.45, 2.75) is 32.9 Å². The maximum Gasteiger partial charge on any atom is 0.261 e. The van der Waals surface area contributed by atoms with Crippen LogP contribution < -0.4 is 10.1 Å². The van der Waals surface area contributed by atoms with Gasteiger partial charge >= 0.3 is 0 Å². The van der Waals surface area contributed by atoms with Crippen molar-refractivity contribution in [3.63, 3.8) is 0 Å². The third-order valence-electron chi connectivity index (χ3n) is 2.28. The summed E-state index contributed by atoms with van der Waals surface area (Å²) in [5, 5.41) is 13.3. The molecular formula is C12H17N3O2S. The summed E-state index contributed by atoms with van der Waals surface area (Å²) in [6, 6.07) is 1.89. The van der Waals surface area contributed by atoms with Crippen LogP contribution in [0.4, 0.5) is 0 Å². The van der Waals surface area contributed by atoms with Crippen molar-refractivity contribution in [3.8, 4) is 16.5 Å². The normalized spacial score (nSPS) is 11.8. The fraction of sp³-hybridized carbons (Fsp3) is 0.500. The first-order chi connectivity index (χ1) is 8.49. The van der Waals surface area contributed by atoms with E-state index in [-0.39, 0.29) is 5.54 Å². The summed E-state index contributed by atoms with van der Waals surface area (Å²) >= 11 is 1.52. The number of thiophene rings is 1. The van der Waals surface area contributed by atoms with E-state index in [1.807, 2.05) is 11.4 Å². The maximum atomic E-state index is 5.61. The van der Waals surface area contributed by atoms with Crippen molar-refractivity contribution in [2.24, 2.45) is 0 Å². The summed E-state index contributed by atoms with van der Waals surface area (Å²) in [4.78, 5) is 0.868. The summed E-state index contributed by atoms with van der Waals surface area (Å²) in [6.07, 6.45) is 0. The molecule has 0 aliphatic carbocycles. The smallest absolute Gasteiger partial charge is 0.261 e. The van der Waals surface area contributed by atoms with Crippen LogP contribution in [0.1, 0.15) is 26.7 Å². The van der Waals surface area contributed by atoms with E-state index in [1.165, 1.54) is 11.3 Å². The molecule has 0 fully saturated rings. The molecule has 0 amide bonds. The monoisotopic (exact) mass is 267 g/mol. The quantitative estimate of drug-likeness (QED) is 0.923. The topological polar surface area (TPSA) is 60.2 Å². The first kappa shape index (κ1) is 13.0. The fourth-order valence-electron chi connectivity index (χ4n) is 1.37. The lowest BCUT2D eigenvalue weighted by Gasteiger charge is -2.18. The third kappa shape index (κ3) is 3.08. The van der Waals surface area contributed by atoms with E-state index >= 15 is 0 Å². The van der Waals surface area contributed by atoms with E-state index in [2.05, 4.69) is 36.3 Å². The van der Waals surface area contributed by atoms with Gasteiger partial charge < -0.3 is 14.5 Å². The van der Waals surface area contributed by atoms with Crippen molar-refractivity contribution < 1.29 is 9.15 Å². The minimum absolute atomic E-state index is 0.0231. The minimum atomic E-state index is 0.0231. The number of aromatic nitrogens is 2. The zero-order valence-corrected chi connectivity index (χ0v) is 11.8. The first-order valence-electron chi connectivity index (χ1n) is 5.69. The molecule has 2 aromatic rings. The summed E-state index contributed by atoms with van der Waals surface area (Å²) in [6.45, 7) is 6.83. The molecule has 2 heterocycles. The van der Waals surface area contributed by atoms with Crippen LogP contribution in [0.15, 0.2) is 15.9 Å². The molecule has 0 aromatic carbocycles. The molecule has 0 radical (unpaired) electrons. The van der Waals surface area contributed by atoms with Gasteiger partial charge in [0.25, 0.3) is 5.89 Å². The average Bonchev–Trinajstić information content (AvgIpc) is 2.93. The molecule has 0 atom stereocenters. The Morgan fingerprint density at radius 3 is 2.83 bits per heavy atom. The summed E-state index contributed by atoms with van der Waals surface area (Å²) in [5.74, 6) is 1.85. The number of rotatable bonds is 4. The summed E-state index contributed by atoms with van der Waals surface area (Å²) in [5.41, 5.74) is 0.0231. The van der Waals surface area contributed by atoms with Crippen molar-refractivity contribution in [1.82, 2.24) is 15.5 Å². The number of hydrogen-bond acceptors (Lipinski definition) is 6. The van der Waals surface area contributed by atoms with Gasteiger partial charge in [0.05, 0.1) is 13.7 Å². The molecule has 98 valence electrons.